The van der Waals surface area contributed by atoms with Gasteiger partial charge < -0.3 is 28.3 Å². The van der Waals surface area contributed by atoms with E-state index in [9.17, 15) is 0 Å². The van der Waals surface area contributed by atoms with Gasteiger partial charge in [0.15, 0.2) is 0 Å². The maximum absolute atomic E-state index is 5.11. The summed E-state index contributed by atoms with van der Waals surface area (Å²) in [5.74, 6) is 1.07. The number of hydrogen-bond donors (Lipinski definition) is 2. The van der Waals surface area contributed by atoms with Gasteiger partial charge >= 0.3 is 0 Å². The topological polar surface area (TPSA) is 133 Å². The smallest absolute Gasteiger partial charge is 0.114 e. The normalized spacial score (nSPS) is 20.8. The third kappa shape index (κ3) is 10.9. The Labute approximate surface area is 479 Å². The van der Waals surface area contributed by atoms with Crippen LogP contribution in [0.4, 0.5) is 0 Å². The number of pyridine rings is 4. The molecule has 4 aliphatic carbocycles. The summed E-state index contributed by atoms with van der Waals surface area (Å²) in [5.41, 5.74) is 14.0. The maximum Gasteiger partial charge on any atom is 0.114 e. The molecule has 4 atom stereocenters. The first-order chi connectivity index (χ1) is 36.4. The van der Waals surface area contributed by atoms with Crippen molar-refractivity contribution in [1.29, 1.82) is 0 Å². The summed E-state index contributed by atoms with van der Waals surface area (Å²) in [5, 5.41) is 28.8. The first-order valence-electron chi connectivity index (χ1n) is 27.5. The molecule has 78 heavy (non-hydrogen) atoms. The molecule has 6 aromatic heterocycles. The van der Waals surface area contributed by atoms with E-state index in [1.54, 1.807) is 0 Å². The van der Waals surface area contributed by atoms with Crippen molar-refractivity contribution in [3.8, 4) is 22.8 Å². The minimum absolute atomic E-state index is 0. The van der Waals surface area contributed by atoms with Crippen LogP contribution in [0.5, 0.6) is 0 Å². The molecular formula is C66H81N10OsP-2. The van der Waals surface area contributed by atoms with Crippen LogP contribution in [0, 0.1) is 18.3 Å². The summed E-state index contributed by atoms with van der Waals surface area (Å²) in [7, 11) is -0.545. The molecule has 4 unspecified atom stereocenters. The van der Waals surface area contributed by atoms with Crippen molar-refractivity contribution in [2.24, 2.45) is 10.8 Å². The Balaban J connectivity index is 0.000000163. The van der Waals surface area contributed by atoms with Crippen molar-refractivity contribution in [3.63, 3.8) is 0 Å². The predicted octanol–water partition coefficient (Wildman–Crippen LogP) is 13.6. The minimum atomic E-state index is -0.545. The van der Waals surface area contributed by atoms with Crippen LogP contribution in [0.2, 0.25) is 0 Å². The van der Waals surface area contributed by atoms with E-state index in [2.05, 4.69) is 204 Å². The van der Waals surface area contributed by atoms with Crippen LogP contribution in [0.1, 0.15) is 152 Å². The SMILES string of the molecule is CC(C)(CNCc1ccccn1)c1cccc(-c2n[nH]c3c2C2CCC3(C)C2(C)C)n1.CC(C)(C[N-]Cc1ccccn1)c1cccc(-c2[n-]nc3c2C2CCC3(C)C2(C)C)n1.C[PH+](c1ccccc1)c1ccccc1.[CH3-].[Os]. The molecule has 6 heterocycles. The van der Waals surface area contributed by atoms with E-state index < -0.39 is 7.92 Å². The second-order valence-electron chi connectivity index (χ2n) is 24.7. The number of H-pyrrole nitrogens is 1. The molecule has 10 nitrogen and oxygen atoms in total. The van der Waals surface area contributed by atoms with Gasteiger partial charge in [0.2, 0.25) is 0 Å². The third-order valence-electron chi connectivity index (χ3n) is 18.7. The van der Waals surface area contributed by atoms with Crippen LogP contribution in [-0.4, -0.2) is 55.0 Å². The molecule has 0 aliphatic heterocycles. The van der Waals surface area contributed by atoms with Gasteiger partial charge in [0.05, 0.1) is 36.6 Å². The Morgan fingerprint density at radius 3 is 1.79 bits per heavy atom. The van der Waals surface area contributed by atoms with Crippen LogP contribution >= 0.6 is 7.92 Å². The fraction of sp³-hybridized carbons (Fsp3) is 0.409. The fourth-order valence-corrected chi connectivity index (χ4v) is 14.7. The number of nitrogens with one attached hydrogen (secondary N) is 2. The molecule has 2 saturated carbocycles. The quantitative estimate of drug-likeness (QED) is 0.0812. The van der Waals surface area contributed by atoms with E-state index in [0.717, 1.165) is 58.6 Å². The Hall–Kier alpha value is -5.55. The van der Waals surface area contributed by atoms with Gasteiger partial charge in [0.25, 0.3) is 0 Å². The first kappa shape index (κ1) is 58.6. The van der Waals surface area contributed by atoms with Gasteiger partial charge in [-0.15, -0.1) is 13.1 Å². The molecule has 2 fully saturated rings. The molecule has 2 aromatic carbocycles. The van der Waals surface area contributed by atoms with Crippen molar-refractivity contribution in [2.75, 3.05) is 19.8 Å². The second-order valence-corrected chi connectivity index (χ2v) is 27.1. The summed E-state index contributed by atoms with van der Waals surface area (Å²) >= 11 is 0. The Bertz CT molecular complexity index is 3030. The number of nitrogens with zero attached hydrogens (tertiary/aromatic N) is 8. The molecule has 0 amide bonds. The average Bonchev–Trinajstić information content (AvgIpc) is 4.35. The number of hydrogen-bond acceptors (Lipinski definition) is 7. The van der Waals surface area contributed by atoms with Crippen molar-refractivity contribution < 1.29 is 19.8 Å². The van der Waals surface area contributed by atoms with Crippen LogP contribution in [0.3, 0.4) is 0 Å². The van der Waals surface area contributed by atoms with Gasteiger partial charge in [0.1, 0.15) is 5.69 Å². The standard InChI is InChI=1S/C26H33N5.C26H31N5.C13H13P.CH3.Os/c2*1-24(2,16-27-15-17-9-6-7-14-28-17)20-11-8-10-19(29-20)22-21-18-12-13-26(5,25(18,3)4)23(21)31-30-22;1-14(12-8-4-2-5-9-12)13-10-6-3-7-11-13;;/h6-11,14,18,27H,12-13,15-16H2,1-5H3,(H,30,31);6-11,14,18H,12-13,15-16H2,1-5H3;2-11H,1H3;1H3;/q;-2;;-1;/p+1. The van der Waals surface area contributed by atoms with Gasteiger partial charge in [0, 0.05) is 101 Å². The Kier molecular flexibility index (Phi) is 17.5. The molecule has 2 N–H and O–H groups in total. The number of fused-ring (bicyclic) bond motifs is 10. The van der Waals surface area contributed by atoms with Crippen LogP contribution in [0.15, 0.2) is 146 Å². The number of aromatic amines is 1. The summed E-state index contributed by atoms with van der Waals surface area (Å²) in [4.78, 5) is 18.9. The second kappa shape index (κ2) is 23.3. The average molecular weight is 1240 g/mol. The van der Waals surface area contributed by atoms with E-state index in [1.807, 2.05) is 48.8 Å². The van der Waals surface area contributed by atoms with Gasteiger partial charge in [-0.25, -0.2) is 0 Å². The van der Waals surface area contributed by atoms with Crippen LogP contribution in [-0.2, 0) is 54.5 Å². The Morgan fingerprint density at radius 1 is 0.641 bits per heavy atom. The Morgan fingerprint density at radius 2 is 1.18 bits per heavy atom. The third-order valence-corrected chi connectivity index (χ3v) is 21.1. The summed E-state index contributed by atoms with van der Waals surface area (Å²) in [6.07, 6.45) is 8.55. The molecule has 4 aliphatic rings. The molecule has 4 bridgehead atoms. The van der Waals surface area contributed by atoms with Gasteiger partial charge in [-0.3, -0.25) is 25.0 Å². The van der Waals surface area contributed by atoms with Crippen molar-refractivity contribution in [2.45, 2.75) is 142 Å². The van der Waals surface area contributed by atoms with Gasteiger partial charge in [-0.2, -0.15) is 5.10 Å². The zero-order chi connectivity index (χ0) is 53.5. The number of aromatic nitrogens is 8. The molecular weight excluding hydrogens is 1150 g/mol. The number of benzene rings is 2. The van der Waals surface area contributed by atoms with Crippen molar-refractivity contribution in [1.82, 2.24) is 45.6 Å². The van der Waals surface area contributed by atoms with Crippen molar-refractivity contribution in [3.05, 3.63) is 204 Å². The molecule has 0 radical (unpaired) electrons. The molecule has 12 heteroatoms. The van der Waals surface area contributed by atoms with E-state index in [-0.39, 0.29) is 59.7 Å². The summed E-state index contributed by atoms with van der Waals surface area (Å²) < 4.78 is 0. The predicted molar refractivity (Wildman–Crippen MR) is 320 cm³/mol. The van der Waals surface area contributed by atoms with Crippen LogP contribution < -0.4 is 21.0 Å². The van der Waals surface area contributed by atoms with E-state index in [0.29, 0.717) is 24.9 Å². The molecule has 0 saturated heterocycles. The van der Waals surface area contributed by atoms with Gasteiger partial charge in [-0.1, -0.05) is 136 Å². The first-order valence-corrected chi connectivity index (χ1v) is 29.5. The fourth-order valence-electron chi connectivity index (χ4n) is 13.0. The number of rotatable bonds is 14. The van der Waals surface area contributed by atoms with E-state index in [4.69, 9.17) is 20.4 Å². The zero-order valence-corrected chi connectivity index (χ0v) is 51.6. The molecule has 410 valence electrons. The monoisotopic (exact) mass is 1240 g/mol. The van der Waals surface area contributed by atoms with E-state index in [1.165, 1.54) is 58.8 Å². The zero-order valence-electron chi connectivity index (χ0n) is 48.1. The van der Waals surface area contributed by atoms with Crippen molar-refractivity contribution >= 4 is 18.5 Å². The minimum Gasteiger partial charge on any atom is -0.656 e. The molecule has 0 spiro atoms. The molecule has 12 rings (SSSR count). The molecule has 8 aromatic rings. The van der Waals surface area contributed by atoms with Gasteiger partial charge in [-0.05, 0) is 132 Å². The summed E-state index contributed by atoms with van der Waals surface area (Å²) in [6, 6.07) is 46.1. The van der Waals surface area contributed by atoms with Crippen LogP contribution in [0.25, 0.3) is 28.1 Å². The van der Waals surface area contributed by atoms with E-state index >= 15 is 0 Å². The maximum atomic E-state index is 5.11. The largest absolute Gasteiger partial charge is 0.656 e. The summed E-state index contributed by atoms with van der Waals surface area (Å²) in [6.45, 7) is 28.5.